The molecule has 0 fully saturated rings. The van der Waals surface area contributed by atoms with Crippen LogP contribution in [0.25, 0.3) is 0 Å². The van der Waals surface area contributed by atoms with Gasteiger partial charge in [-0.05, 0) is 30.7 Å². The van der Waals surface area contributed by atoms with Gasteiger partial charge >= 0.3 is 5.97 Å². The Labute approximate surface area is 122 Å². The average Bonchev–Trinajstić information content (AvgIpc) is 2.47. The largest absolute Gasteiger partial charge is 0.465 e. The molecule has 0 aliphatic heterocycles. The summed E-state index contributed by atoms with van der Waals surface area (Å²) in [5, 5.41) is 3.94. The van der Waals surface area contributed by atoms with Crippen molar-refractivity contribution in [3.63, 3.8) is 0 Å². The van der Waals surface area contributed by atoms with Gasteiger partial charge in [0.25, 0.3) is 0 Å². The first-order valence-corrected chi connectivity index (χ1v) is 6.55. The average molecular weight is 291 g/mol. The first-order chi connectivity index (χ1) is 9.61. The molecule has 1 atom stereocenters. The number of hydrogen-bond acceptors (Lipinski definition) is 4. The van der Waals surface area contributed by atoms with Gasteiger partial charge in [-0.2, -0.15) is 0 Å². The molecule has 0 spiro atoms. The number of pyridine rings is 1. The summed E-state index contributed by atoms with van der Waals surface area (Å²) in [5.41, 5.74) is 1.41. The third-order valence-corrected chi connectivity index (χ3v) is 3.26. The molecule has 1 heterocycles. The smallest absolute Gasteiger partial charge is 0.339 e. The Bertz CT molecular complexity index is 599. The molecule has 1 N–H and O–H groups in total. The lowest BCUT2D eigenvalue weighted by atomic mass is 10.1. The maximum atomic E-state index is 11.3. The highest BCUT2D eigenvalue weighted by atomic mass is 35.5. The number of methoxy groups -OCH3 is 1. The number of esters is 1. The number of rotatable bonds is 4. The topological polar surface area (TPSA) is 51.2 Å². The highest BCUT2D eigenvalue weighted by molar-refractivity contribution is 6.31. The number of hydrogen-bond donors (Lipinski definition) is 1. The van der Waals surface area contributed by atoms with Gasteiger partial charge in [-0.15, -0.1) is 0 Å². The van der Waals surface area contributed by atoms with Gasteiger partial charge in [-0.3, -0.25) is 0 Å². The van der Waals surface area contributed by atoms with E-state index in [0.29, 0.717) is 16.4 Å². The molecule has 0 aliphatic rings. The second-order valence-electron chi connectivity index (χ2n) is 4.31. The van der Waals surface area contributed by atoms with E-state index in [9.17, 15) is 4.79 Å². The monoisotopic (exact) mass is 290 g/mol. The zero-order chi connectivity index (χ0) is 14.5. The van der Waals surface area contributed by atoms with Gasteiger partial charge in [0.15, 0.2) is 0 Å². The molecule has 0 saturated heterocycles. The Morgan fingerprint density at radius 2 is 2.05 bits per heavy atom. The minimum atomic E-state index is -0.400. The van der Waals surface area contributed by atoms with Crippen LogP contribution >= 0.6 is 11.6 Å². The first kappa shape index (κ1) is 14.3. The molecule has 0 saturated carbocycles. The highest BCUT2D eigenvalue weighted by Gasteiger charge is 2.10. The van der Waals surface area contributed by atoms with Crippen molar-refractivity contribution in [1.29, 1.82) is 0 Å². The molecule has 2 rings (SSSR count). The van der Waals surface area contributed by atoms with Gasteiger partial charge in [-0.25, -0.2) is 9.78 Å². The Morgan fingerprint density at radius 3 is 2.65 bits per heavy atom. The predicted octanol–water partition coefficient (Wildman–Crippen LogP) is 3.69. The maximum Gasteiger partial charge on any atom is 0.339 e. The molecule has 20 heavy (non-hydrogen) atoms. The lowest BCUT2D eigenvalue weighted by Gasteiger charge is -2.16. The third-order valence-electron chi connectivity index (χ3n) is 2.92. The lowest BCUT2D eigenvalue weighted by Crippen LogP contribution is -2.09. The van der Waals surface area contributed by atoms with Crippen LogP contribution in [0.1, 0.15) is 28.9 Å². The lowest BCUT2D eigenvalue weighted by molar-refractivity contribution is 0.0600. The van der Waals surface area contributed by atoms with Gasteiger partial charge in [0, 0.05) is 11.2 Å². The van der Waals surface area contributed by atoms with E-state index in [1.54, 1.807) is 12.1 Å². The quantitative estimate of drug-likeness (QED) is 0.873. The summed E-state index contributed by atoms with van der Waals surface area (Å²) < 4.78 is 4.63. The Kier molecular flexibility index (Phi) is 4.58. The van der Waals surface area contributed by atoms with Gasteiger partial charge in [-0.1, -0.05) is 29.8 Å². The Hall–Kier alpha value is -2.07. The van der Waals surface area contributed by atoms with Crippen LogP contribution in [0, 0.1) is 0 Å². The summed E-state index contributed by atoms with van der Waals surface area (Å²) in [6.07, 6.45) is 1.48. The summed E-state index contributed by atoms with van der Waals surface area (Å²) in [6, 6.07) is 11.1. The second kappa shape index (κ2) is 6.39. The summed E-state index contributed by atoms with van der Waals surface area (Å²) in [6.45, 7) is 2.00. The van der Waals surface area contributed by atoms with E-state index in [-0.39, 0.29) is 6.04 Å². The van der Waals surface area contributed by atoms with Crippen molar-refractivity contribution in [2.45, 2.75) is 13.0 Å². The molecule has 2 aromatic rings. The molecule has 5 heteroatoms. The fourth-order valence-electron chi connectivity index (χ4n) is 1.84. The van der Waals surface area contributed by atoms with Crippen LogP contribution in [0.5, 0.6) is 0 Å². The van der Waals surface area contributed by atoms with E-state index in [1.165, 1.54) is 13.3 Å². The van der Waals surface area contributed by atoms with Gasteiger partial charge in [0.2, 0.25) is 0 Å². The summed E-state index contributed by atoms with van der Waals surface area (Å²) in [5.74, 6) is 0.272. The van der Waals surface area contributed by atoms with Crippen molar-refractivity contribution in [3.05, 3.63) is 58.7 Å². The SMILES string of the molecule is COC(=O)c1ccc(N[C@@H](C)c2ccccc2Cl)nc1. The van der Waals surface area contributed by atoms with Gasteiger partial charge in [0.1, 0.15) is 5.82 Å². The van der Waals surface area contributed by atoms with Crippen molar-refractivity contribution >= 4 is 23.4 Å². The third kappa shape index (κ3) is 3.27. The number of aromatic nitrogens is 1. The minimum Gasteiger partial charge on any atom is -0.465 e. The minimum absolute atomic E-state index is 0.0141. The number of carbonyl (C=O) groups excluding carboxylic acids is 1. The number of anilines is 1. The molecule has 1 aromatic heterocycles. The molecular formula is C15H15ClN2O2. The molecular weight excluding hydrogens is 276 g/mol. The number of nitrogens with one attached hydrogen (secondary N) is 1. The van der Waals surface area contributed by atoms with Crippen LogP contribution in [0.2, 0.25) is 5.02 Å². The molecule has 4 nitrogen and oxygen atoms in total. The highest BCUT2D eigenvalue weighted by Crippen LogP contribution is 2.24. The Morgan fingerprint density at radius 1 is 1.30 bits per heavy atom. The number of halogens is 1. The molecule has 0 amide bonds. The maximum absolute atomic E-state index is 11.3. The second-order valence-corrected chi connectivity index (χ2v) is 4.72. The van der Waals surface area contributed by atoms with Crippen LogP contribution in [-0.4, -0.2) is 18.1 Å². The molecule has 0 aliphatic carbocycles. The van der Waals surface area contributed by atoms with Gasteiger partial charge < -0.3 is 10.1 Å². The molecule has 1 aromatic carbocycles. The molecule has 0 bridgehead atoms. The number of nitrogens with zero attached hydrogens (tertiary/aromatic N) is 1. The van der Waals surface area contributed by atoms with Crippen molar-refractivity contribution in [2.75, 3.05) is 12.4 Å². The van der Waals surface area contributed by atoms with Crippen LogP contribution < -0.4 is 5.32 Å². The van der Waals surface area contributed by atoms with Crippen molar-refractivity contribution in [2.24, 2.45) is 0 Å². The standard InChI is InChI=1S/C15H15ClN2O2/c1-10(12-5-3-4-6-13(12)16)18-14-8-7-11(9-17-14)15(19)20-2/h3-10H,1-2H3,(H,17,18)/t10-/m0/s1. The molecule has 104 valence electrons. The van der Waals surface area contributed by atoms with Crippen molar-refractivity contribution in [1.82, 2.24) is 4.98 Å². The van der Waals surface area contributed by atoms with E-state index >= 15 is 0 Å². The van der Waals surface area contributed by atoms with Crippen LogP contribution in [0.15, 0.2) is 42.6 Å². The van der Waals surface area contributed by atoms with E-state index in [0.717, 1.165) is 5.56 Å². The molecule has 0 unspecified atom stereocenters. The van der Waals surface area contributed by atoms with E-state index in [1.807, 2.05) is 31.2 Å². The normalized spacial score (nSPS) is 11.8. The Balaban J connectivity index is 2.10. The number of carbonyl (C=O) groups is 1. The van der Waals surface area contributed by atoms with E-state index in [4.69, 9.17) is 11.6 Å². The summed E-state index contributed by atoms with van der Waals surface area (Å²) >= 11 is 6.15. The summed E-state index contributed by atoms with van der Waals surface area (Å²) in [7, 11) is 1.34. The van der Waals surface area contributed by atoms with Crippen molar-refractivity contribution in [3.8, 4) is 0 Å². The predicted molar refractivity (Wildman–Crippen MR) is 79.1 cm³/mol. The zero-order valence-corrected chi connectivity index (χ0v) is 12.0. The number of benzene rings is 1. The summed E-state index contributed by atoms with van der Waals surface area (Å²) in [4.78, 5) is 15.5. The first-order valence-electron chi connectivity index (χ1n) is 6.17. The van der Waals surface area contributed by atoms with Crippen LogP contribution in [-0.2, 0) is 4.74 Å². The van der Waals surface area contributed by atoms with Crippen LogP contribution in [0.3, 0.4) is 0 Å². The zero-order valence-electron chi connectivity index (χ0n) is 11.3. The van der Waals surface area contributed by atoms with E-state index in [2.05, 4.69) is 15.0 Å². The fourth-order valence-corrected chi connectivity index (χ4v) is 2.14. The van der Waals surface area contributed by atoms with E-state index < -0.39 is 5.97 Å². The number of ether oxygens (including phenoxy) is 1. The van der Waals surface area contributed by atoms with Gasteiger partial charge in [0.05, 0.1) is 18.7 Å². The fraction of sp³-hybridized carbons (Fsp3) is 0.200. The molecule has 0 radical (unpaired) electrons. The van der Waals surface area contributed by atoms with Crippen molar-refractivity contribution < 1.29 is 9.53 Å². The van der Waals surface area contributed by atoms with Crippen LogP contribution in [0.4, 0.5) is 5.82 Å².